The van der Waals surface area contributed by atoms with Crippen LogP contribution in [-0.2, 0) is 16.7 Å². The number of para-hydroxylation sites is 4. The molecule has 3 rings (SSSR count). The molecule has 1 aromatic heterocycles. The smallest absolute Gasteiger partial charge is 0.328 e. The lowest BCUT2D eigenvalue weighted by atomic mass is 10.3. The van der Waals surface area contributed by atoms with E-state index in [0.717, 1.165) is 0 Å². The highest BCUT2D eigenvalue weighted by atomic mass is 32.2. The lowest BCUT2D eigenvalue weighted by Gasteiger charge is -2.12. The summed E-state index contributed by atoms with van der Waals surface area (Å²) in [5.74, 6) is 1.14. The fraction of sp³-hybridized carbons (Fsp3) is 0.188. The Balaban J connectivity index is 1.87. The number of imidazole rings is 1. The van der Waals surface area contributed by atoms with Crippen molar-refractivity contribution >= 4 is 21.2 Å². The van der Waals surface area contributed by atoms with Crippen LogP contribution in [0.4, 0.5) is 0 Å². The molecule has 1 N–H and O–H groups in total. The minimum Gasteiger partial charge on any atom is -0.493 e. The van der Waals surface area contributed by atoms with Crippen LogP contribution in [0.1, 0.15) is 0 Å². The number of hydrogen-bond donors (Lipinski definition) is 1. The number of nitrogens with zero attached hydrogens (tertiary/aromatic N) is 2. The van der Waals surface area contributed by atoms with Crippen molar-refractivity contribution in [3.05, 3.63) is 48.5 Å². The first-order chi connectivity index (χ1) is 11.5. The summed E-state index contributed by atoms with van der Waals surface area (Å²) in [7, 11) is -2.89. The van der Waals surface area contributed by atoms with E-state index in [1.165, 1.54) is 4.57 Å². The van der Waals surface area contributed by atoms with Crippen LogP contribution >= 0.6 is 0 Å². The molecule has 0 aliphatic carbocycles. The van der Waals surface area contributed by atoms with Crippen LogP contribution in [0.3, 0.4) is 0 Å². The van der Waals surface area contributed by atoms with Crippen LogP contribution in [0.5, 0.6) is 11.5 Å². The van der Waals surface area contributed by atoms with Crippen LogP contribution in [0, 0.1) is 0 Å². The molecule has 0 saturated carbocycles. The van der Waals surface area contributed by atoms with Gasteiger partial charge in [0.2, 0.25) is 0 Å². The third-order valence-electron chi connectivity index (χ3n) is 3.49. The molecular formula is C16H16N2O5S. The summed E-state index contributed by atoms with van der Waals surface area (Å²) in [6.45, 7) is 0.386. The zero-order valence-corrected chi connectivity index (χ0v) is 13.7. The molecule has 0 unspecified atom stereocenters. The van der Waals surface area contributed by atoms with Gasteiger partial charge in [-0.1, -0.05) is 24.3 Å². The lowest BCUT2D eigenvalue weighted by Crippen LogP contribution is -2.14. The van der Waals surface area contributed by atoms with Gasteiger partial charge in [0.25, 0.3) is 5.16 Å². The molecule has 1 heterocycles. The number of hydrogen-bond acceptors (Lipinski definition) is 5. The van der Waals surface area contributed by atoms with Gasteiger partial charge in [-0.3, -0.25) is 4.55 Å². The number of ether oxygens (including phenoxy) is 2. The molecule has 126 valence electrons. The Kier molecular flexibility index (Phi) is 4.41. The van der Waals surface area contributed by atoms with Crippen molar-refractivity contribution in [2.24, 2.45) is 0 Å². The fourth-order valence-corrected chi connectivity index (χ4v) is 3.13. The minimum atomic E-state index is -4.43. The number of methoxy groups -OCH3 is 1. The van der Waals surface area contributed by atoms with E-state index in [-0.39, 0.29) is 13.2 Å². The molecular weight excluding hydrogens is 332 g/mol. The Morgan fingerprint density at radius 2 is 1.75 bits per heavy atom. The number of fused-ring (bicyclic) bond motifs is 1. The first-order valence-corrected chi connectivity index (χ1v) is 8.63. The Morgan fingerprint density at radius 1 is 1.08 bits per heavy atom. The van der Waals surface area contributed by atoms with Gasteiger partial charge in [-0.05, 0) is 24.3 Å². The van der Waals surface area contributed by atoms with E-state index in [2.05, 4.69) is 4.98 Å². The van der Waals surface area contributed by atoms with Gasteiger partial charge in [-0.2, -0.15) is 8.42 Å². The van der Waals surface area contributed by atoms with Crippen molar-refractivity contribution < 1.29 is 22.4 Å². The van der Waals surface area contributed by atoms with Crippen molar-refractivity contribution in [1.82, 2.24) is 9.55 Å². The molecule has 0 radical (unpaired) electrons. The van der Waals surface area contributed by atoms with Crippen LogP contribution in [0.25, 0.3) is 11.0 Å². The molecule has 0 amide bonds. The zero-order valence-electron chi connectivity index (χ0n) is 12.9. The summed E-state index contributed by atoms with van der Waals surface area (Å²) in [5, 5.41) is -0.396. The predicted octanol–water partition coefficient (Wildman–Crippen LogP) is 2.37. The molecule has 0 atom stereocenters. The van der Waals surface area contributed by atoms with Crippen molar-refractivity contribution in [3.63, 3.8) is 0 Å². The number of rotatable bonds is 6. The molecule has 0 spiro atoms. The molecule has 8 heteroatoms. The third kappa shape index (κ3) is 3.19. The van der Waals surface area contributed by atoms with Gasteiger partial charge in [0.1, 0.15) is 6.61 Å². The summed E-state index contributed by atoms with van der Waals surface area (Å²) in [4.78, 5) is 3.99. The molecule has 2 aromatic carbocycles. The highest BCUT2D eigenvalue weighted by Gasteiger charge is 2.21. The van der Waals surface area contributed by atoms with Crippen molar-refractivity contribution in [2.75, 3.05) is 13.7 Å². The van der Waals surface area contributed by atoms with E-state index in [4.69, 9.17) is 9.47 Å². The van der Waals surface area contributed by atoms with Crippen molar-refractivity contribution in [1.29, 1.82) is 0 Å². The van der Waals surface area contributed by atoms with Crippen LogP contribution in [0.2, 0.25) is 0 Å². The molecule has 3 aromatic rings. The van der Waals surface area contributed by atoms with Crippen LogP contribution in [0.15, 0.2) is 53.7 Å². The van der Waals surface area contributed by atoms with E-state index in [1.807, 2.05) is 12.1 Å². The molecule has 0 saturated heterocycles. The Labute approximate surface area is 139 Å². The standard InChI is InChI=1S/C16H16N2O5S/c1-22-14-8-4-5-9-15(14)23-11-10-18-13-7-3-2-6-12(13)17-16(18)24(19,20)21/h2-9H,10-11H2,1H3,(H,19,20,21). The molecule has 0 aliphatic heterocycles. The quantitative estimate of drug-likeness (QED) is 0.688. The van der Waals surface area contributed by atoms with Gasteiger partial charge in [0.15, 0.2) is 11.5 Å². The van der Waals surface area contributed by atoms with Crippen molar-refractivity contribution in [3.8, 4) is 11.5 Å². The maximum absolute atomic E-state index is 11.6. The van der Waals surface area contributed by atoms with Crippen LogP contribution < -0.4 is 9.47 Å². The molecule has 0 fully saturated rings. The fourth-order valence-electron chi connectivity index (χ4n) is 2.45. The molecule has 0 bridgehead atoms. The summed E-state index contributed by atoms with van der Waals surface area (Å²) in [6.07, 6.45) is 0. The highest BCUT2D eigenvalue weighted by molar-refractivity contribution is 7.85. The third-order valence-corrected chi connectivity index (χ3v) is 4.26. The zero-order chi connectivity index (χ0) is 17.2. The van der Waals surface area contributed by atoms with Crippen molar-refractivity contribution in [2.45, 2.75) is 11.7 Å². The van der Waals surface area contributed by atoms with E-state index in [1.54, 1.807) is 43.5 Å². The van der Waals surface area contributed by atoms with Gasteiger partial charge in [-0.25, -0.2) is 4.98 Å². The topological polar surface area (TPSA) is 90.7 Å². The van der Waals surface area contributed by atoms with Gasteiger partial charge in [0, 0.05) is 0 Å². The second kappa shape index (κ2) is 6.50. The summed E-state index contributed by atoms with van der Waals surface area (Å²) < 4.78 is 44.8. The summed E-state index contributed by atoms with van der Waals surface area (Å²) in [5.41, 5.74) is 1.09. The van der Waals surface area contributed by atoms with Crippen LogP contribution in [-0.4, -0.2) is 36.2 Å². The van der Waals surface area contributed by atoms with Gasteiger partial charge in [0.05, 0.1) is 24.7 Å². The Morgan fingerprint density at radius 3 is 2.46 bits per heavy atom. The lowest BCUT2D eigenvalue weighted by molar-refractivity contribution is 0.276. The Bertz CT molecular complexity index is 966. The van der Waals surface area contributed by atoms with E-state index < -0.39 is 15.3 Å². The predicted molar refractivity (Wildman–Crippen MR) is 88.0 cm³/mol. The molecule has 0 aliphatic rings. The average molecular weight is 348 g/mol. The average Bonchev–Trinajstić information content (AvgIpc) is 2.94. The van der Waals surface area contributed by atoms with E-state index in [0.29, 0.717) is 22.5 Å². The SMILES string of the molecule is COc1ccccc1OCCn1c(S(=O)(=O)O)nc2ccccc21. The van der Waals surface area contributed by atoms with E-state index in [9.17, 15) is 13.0 Å². The molecule has 24 heavy (non-hydrogen) atoms. The van der Waals surface area contributed by atoms with E-state index >= 15 is 0 Å². The second-order valence-electron chi connectivity index (χ2n) is 5.01. The minimum absolute atomic E-state index is 0.184. The monoisotopic (exact) mass is 348 g/mol. The van der Waals surface area contributed by atoms with Gasteiger partial charge in [-0.15, -0.1) is 0 Å². The number of benzene rings is 2. The summed E-state index contributed by atoms with van der Waals surface area (Å²) >= 11 is 0. The summed E-state index contributed by atoms with van der Waals surface area (Å²) in [6, 6.07) is 14.1. The largest absolute Gasteiger partial charge is 0.493 e. The highest BCUT2D eigenvalue weighted by Crippen LogP contribution is 2.26. The maximum atomic E-state index is 11.6. The maximum Gasteiger partial charge on any atom is 0.328 e. The first-order valence-electron chi connectivity index (χ1n) is 7.19. The second-order valence-corrected chi connectivity index (χ2v) is 6.32. The first kappa shape index (κ1) is 16.3. The van der Waals surface area contributed by atoms with Gasteiger partial charge >= 0.3 is 10.1 Å². The number of aromatic nitrogens is 2. The molecule has 7 nitrogen and oxygen atoms in total. The normalized spacial score (nSPS) is 11.6. The van der Waals surface area contributed by atoms with Gasteiger partial charge < -0.3 is 14.0 Å². The Hall–Kier alpha value is -2.58.